The highest BCUT2D eigenvalue weighted by Crippen LogP contribution is 2.18. The SMILES string of the molecule is CCCCc1c(O)cnn1CCCC. The van der Waals surface area contributed by atoms with Crippen molar-refractivity contribution in [3.8, 4) is 5.75 Å². The maximum atomic E-state index is 9.57. The molecule has 14 heavy (non-hydrogen) atoms. The largest absolute Gasteiger partial charge is 0.504 e. The van der Waals surface area contributed by atoms with Crippen LogP contribution in [0.2, 0.25) is 0 Å². The summed E-state index contributed by atoms with van der Waals surface area (Å²) in [5.41, 5.74) is 1.00. The van der Waals surface area contributed by atoms with Crippen LogP contribution in [0.15, 0.2) is 6.20 Å². The number of unbranched alkanes of at least 4 members (excludes halogenated alkanes) is 2. The minimum atomic E-state index is 0.356. The summed E-state index contributed by atoms with van der Waals surface area (Å²) < 4.78 is 1.94. The third-order valence-electron chi connectivity index (χ3n) is 2.42. The molecule has 0 saturated heterocycles. The Balaban J connectivity index is 2.62. The van der Waals surface area contributed by atoms with Gasteiger partial charge >= 0.3 is 0 Å². The first kappa shape index (κ1) is 11.1. The molecule has 1 aromatic heterocycles. The van der Waals surface area contributed by atoms with Gasteiger partial charge in [0.05, 0.1) is 11.9 Å². The highest BCUT2D eigenvalue weighted by Gasteiger charge is 2.08. The van der Waals surface area contributed by atoms with Crippen molar-refractivity contribution in [2.24, 2.45) is 0 Å². The lowest BCUT2D eigenvalue weighted by Crippen LogP contribution is -2.05. The molecular weight excluding hydrogens is 176 g/mol. The molecule has 0 bridgehead atoms. The summed E-state index contributed by atoms with van der Waals surface area (Å²) in [4.78, 5) is 0. The zero-order valence-electron chi connectivity index (χ0n) is 9.16. The van der Waals surface area contributed by atoms with Crippen LogP contribution in [0.4, 0.5) is 0 Å². The fraction of sp³-hybridized carbons (Fsp3) is 0.727. The van der Waals surface area contributed by atoms with Gasteiger partial charge in [0.15, 0.2) is 5.75 Å². The number of hydrogen-bond donors (Lipinski definition) is 1. The number of aryl methyl sites for hydroxylation is 1. The standard InChI is InChI=1S/C11H20N2O/c1-3-5-7-10-11(14)9-12-13(10)8-6-4-2/h9,14H,3-8H2,1-2H3. The van der Waals surface area contributed by atoms with Gasteiger partial charge in [-0.25, -0.2) is 0 Å². The van der Waals surface area contributed by atoms with Crippen molar-refractivity contribution < 1.29 is 5.11 Å². The summed E-state index contributed by atoms with van der Waals surface area (Å²) in [6, 6.07) is 0. The van der Waals surface area contributed by atoms with Gasteiger partial charge < -0.3 is 5.11 Å². The molecule has 0 aliphatic heterocycles. The van der Waals surface area contributed by atoms with Gasteiger partial charge in [0, 0.05) is 6.54 Å². The summed E-state index contributed by atoms with van der Waals surface area (Å²) >= 11 is 0. The summed E-state index contributed by atoms with van der Waals surface area (Å²) in [5, 5.41) is 13.7. The third-order valence-corrected chi connectivity index (χ3v) is 2.42. The minimum absolute atomic E-state index is 0.356. The van der Waals surface area contributed by atoms with E-state index in [0.717, 1.165) is 44.3 Å². The van der Waals surface area contributed by atoms with Crippen molar-refractivity contribution in [1.82, 2.24) is 9.78 Å². The van der Waals surface area contributed by atoms with Crippen molar-refractivity contribution in [1.29, 1.82) is 0 Å². The Bertz CT molecular complexity index is 268. The van der Waals surface area contributed by atoms with Gasteiger partial charge in [-0.05, 0) is 19.3 Å². The molecule has 0 aliphatic carbocycles. The highest BCUT2D eigenvalue weighted by atomic mass is 16.3. The van der Waals surface area contributed by atoms with Crippen LogP contribution in [-0.2, 0) is 13.0 Å². The van der Waals surface area contributed by atoms with Gasteiger partial charge in [-0.1, -0.05) is 26.7 Å². The average Bonchev–Trinajstić information content (AvgIpc) is 2.53. The van der Waals surface area contributed by atoms with Gasteiger partial charge in [-0.3, -0.25) is 4.68 Å². The number of aromatic hydroxyl groups is 1. The molecule has 0 aromatic carbocycles. The summed E-state index contributed by atoms with van der Waals surface area (Å²) in [5.74, 6) is 0.356. The summed E-state index contributed by atoms with van der Waals surface area (Å²) in [6.45, 7) is 5.25. The Hall–Kier alpha value is -0.990. The molecule has 0 unspecified atom stereocenters. The van der Waals surface area contributed by atoms with Crippen LogP contribution in [-0.4, -0.2) is 14.9 Å². The van der Waals surface area contributed by atoms with E-state index >= 15 is 0 Å². The molecule has 1 N–H and O–H groups in total. The Kier molecular flexibility index (Phi) is 4.50. The summed E-state index contributed by atoms with van der Waals surface area (Å²) in [6.07, 6.45) is 7.05. The summed E-state index contributed by atoms with van der Waals surface area (Å²) in [7, 11) is 0. The Morgan fingerprint density at radius 2 is 2.00 bits per heavy atom. The molecule has 0 spiro atoms. The molecule has 0 aliphatic rings. The van der Waals surface area contributed by atoms with E-state index in [9.17, 15) is 5.11 Å². The van der Waals surface area contributed by atoms with E-state index in [4.69, 9.17) is 0 Å². The zero-order valence-corrected chi connectivity index (χ0v) is 9.16. The van der Waals surface area contributed by atoms with E-state index in [2.05, 4.69) is 18.9 Å². The first-order chi connectivity index (χ1) is 6.79. The van der Waals surface area contributed by atoms with E-state index in [1.807, 2.05) is 4.68 Å². The zero-order chi connectivity index (χ0) is 10.4. The van der Waals surface area contributed by atoms with Crippen LogP contribution in [0.3, 0.4) is 0 Å². The van der Waals surface area contributed by atoms with Crippen LogP contribution in [0.5, 0.6) is 5.75 Å². The average molecular weight is 196 g/mol. The van der Waals surface area contributed by atoms with Gasteiger partial charge in [0.25, 0.3) is 0 Å². The maximum Gasteiger partial charge on any atom is 0.156 e. The van der Waals surface area contributed by atoms with Crippen molar-refractivity contribution in [3.63, 3.8) is 0 Å². The second-order valence-electron chi connectivity index (χ2n) is 3.66. The van der Waals surface area contributed by atoms with Crippen molar-refractivity contribution in [2.45, 2.75) is 52.5 Å². The molecule has 0 fully saturated rings. The van der Waals surface area contributed by atoms with Crippen molar-refractivity contribution >= 4 is 0 Å². The fourth-order valence-corrected chi connectivity index (χ4v) is 1.50. The van der Waals surface area contributed by atoms with E-state index in [-0.39, 0.29) is 0 Å². The normalized spacial score (nSPS) is 10.7. The second-order valence-corrected chi connectivity index (χ2v) is 3.66. The lowest BCUT2D eigenvalue weighted by atomic mass is 10.2. The van der Waals surface area contributed by atoms with Gasteiger partial charge in [-0.15, -0.1) is 0 Å². The quantitative estimate of drug-likeness (QED) is 0.759. The van der Waals surface area contributed by atoms with Crippen molar-refractivity contribution in [2.75, 3.05) is 0 Å². The van der Waals surface area contributed by atoms with E-state index in [1.165, 1.54) is 0 Å². The molecule has 1 aromatic rings. The van der Waals surface area contributed by atoms with Crippen LogP contribution >= 0.6 is 0 Å². The Morgan fingerprint density at radius 1 is 1.29 bits per heavy atom. The Labute approximate surface area is 85.8 Å². The molecule has 0 atom stereocenters. The maximum absolute atomic E-state index is 9.57. The van der Waals surface area contributed by atoms with Crippen LogP contribution in [0, 0.1) is 0 Å². The van der Waals surface area contributed by atoms with Crippen molar-refractivity contribution in [3.05, 3.63) is 11.9 Å². The van der Waals surface area contributed by atoms with Crippen LogP contribution in [0.25, 0.3) is 0 Å². The first-order valence-electron chi connectivity index (χ1n) is 5.53. The Morgan fingerprint density at radius 3 is 2.64 bits per heavy atom. The predicted molar refractivity (Wildman–Crippen MR) is 57.4 cm³/mol. The molecular formula is C11H20N2O. The predicted octanol–water partition coefficient (Wildman–Crippen LogP) is 2.73. The van der Waals surface area contributed by atoms with E-state index in [1.54, 1.807) is 6.20 Å². The monoisotopic (exact) mass is 196 g/mol. The second kappa shape index (κ2) is 5.68. The number of rotatable bonds is 6. The fourth-order valence-electron chi connectivity index (χ4n) is 1.50. The lowest BCUT2D eigenvalue weighted by molar-refractivity contribution is 0.458. The van der Waals surface area contributed by atoms with Gasteiger partial charge in [0.2, 0.25) is 0 Å². The topological polar surface area (TPSA) is 38.1 Å². The molecule has 0 saturated carbocycles. The van der Waals surface area contributed by atoms with E-state index in [0.29, 0.717) is 5.75 Å². The molecule has 80 valence electrons. The lowest BCUT2D eigenvalue weighted by Gasteiger charge is -2.06. The van der Waals surface area contributed by atoms with Crippen LogP contribution in [0.1, 0.15) is 45.2 Å². The van der Waals surface area contributed by atoms with Gasteiger partial charge in [0.1, 0.15) is 0 Å². The number of aromatic nitrogens is 2. The number of nitrogens with zero attached hydrogens (tertiary/aromatic N) is 2. The first-order valence-corrected chi connectivity index (χ1v) is 5.53. The molecule has 3 heteroatoms. The third kappa shape index (κ3) is 2.76. The number of hydrogen-bond acceptors (Lipinski definition) is 2. The smallest absolute Gasteiger partial charge is 0.156 e. The molecule has 0 amide bonds. The van der Waals surface area contributed by atoms with Gasteiger partial charge in [-0.2, -0.15) is 5.10 Å². The molecule has 0 radical (unpaired) electrons. The highest BCUT2D eigenvalue weighted by molar-refractivity contribution is 5.23. The molecule has 1 rings (SSSR count). The van der Waals surface area contributed by atoms with Crippen LogP contribution < -0.4 is 0 Å². The molecule has 1 heterocycles. The van der Waals surface area contributed by atoms with E-state index < -0.39 is 0 Å². The molecule has 3 nitrogen and oxygen atoms in total. The minimum Gasteiger partial charge on any atom is -0.504 e.